The average Bonchev–Trinajstić information content (AvgIpc) is 3.54. The third-order valence-corrected chi connectivity index (χ3v) is 8.68. The number of rotatable bonds is 8. The van der Waals surface area contributed by atoms with E-state index < -0.39 is 27.8 Å². The fourth-order valence-corrected chi connectivity index (χ4v) is 6.33. The summed E-state index contributed by atoms with van der Waals surface area (Å²) in [6.07, 6.45) is -2.09. The Bertz CT molecular complexity index is 1260. The molecule has 2 aromatic carbocycles. The number of alkyl halides is 3. The monoisotopic (exact) mass is 525 g/mol. The number of halogens is 3. The Morgan fingerprint density at radius 1 is 1.17 bits per heavy atom. The first kappa shape index (κ1) is 25.1. The van der Waals surface area contributed by atoms with Crippen LogP contribution in [0.25, 0.3) is 0 Å². The summed E-state index contributed by atoms with van der Waals surface area (Å²) in [5, 5.41) is 2.79. The van der Waals surface area contributed by atoms with Crippen molar-refractivity contribution in [1.29, 1.82) is 0 Å². The molecule has 1 aliphatic rings. The summed E-state index contributed by atoms with van der Waals surface area (Å²) >= 11 is 1.01. The van der Waals surface area contributed by atoms with Crippen LogP contribution in [-0.4, -0.2) is 36.2 Å². The van der Waals surface area contributed by atoms with Crippen LogP contribution in [0.2, 0.25) is 0 Å². The van der Waals surface area contributed by atoms with Gasteiger partial charge in [-0.2, -0.15) is 17.5 Å². The van der Waals surface area contributed by atoms with Crippen LogP contribution in [0.4, 0.5) is 13.2 Å². The molecular weight excluding hydrogens is 503 g/mol. The molecule has 4 rings (SSSR count). The number of aromatic nitrogens is 1. The fourth-order valence-electron chi connectivity index (χ4n) is 3.75. The van der Waals surface area contributed by atoms with Crippen molar-refractivity contribution in [3.05, 3.63) is 76.9 Å². The van der Waals surface area contributed by atoms with Gasteiger partial charge in [-0.15, -0.1) is 11.3 Å². The summed E-state index contributed by atoms with van der Waals surface area (Å²) in [4.78, 5) is 16.6. The van der Waals surface area contributed by atoms with Crippen LogP contribution in [0.1, 0.15) is 29.5 Å². The normalized spacial score (nSPS) is 16.8. The maximum atomic E-state index is 12.8. The third kappa shape index (κ3) is 6.00. The molecule has 0 bridgehead atoms. The zero-order valence-electron chi connectivity index (χ0n) is 18.4. The predicted octanol–water partition coefficient (Wildman–Crippen LogP) is 4.21. The van der Waals surface area contributed by atoms with Gasteiger partial charge < -0.3 is 10.1 Å². The second-order valence-electron chi connectivity index (χ2n) is 7.94. The molecule has 1 fully saturated rings. The van der Waals surface area contributed by atoms with Crippen LogP contribution >= 0.6 is 11.3 Å². The molecule has 35 heavy (non-hydrogen) atoms. The highest BCUT2D eigenvalue weighted by Crippen LogP contribution is 2.30. The van der Waals surface area contributed by atoms with Gasteiger partial charge in [0.1, 0.15) is 18.4 Å². The Hall–Kier alpha value is -2.96. The lowest BCUT2D eigenvalue weighted by Gasteiger charge is -2.22. The van der Waals surface area contributed by atoms with Gasteiger partial charge in [-0.3, -0.25) is 9.78 Å². The summed E-state index contributed by atoms with van der Waals surface area (Å²) in [6, 6.07) is 10.9. The van der Waals surface area contributed by atoms with Gasteiger partial charge in [0.05, 0.1) is 17.3 Å². The molecule has 1 aliphatic heterocycles. The molecule has 0 unspecified atom stereocenters. The first-order valence-electron chi connectivity index (χ1n) is 10.7. The van der Waals surface area contributed by atoms with E-state index in [1.807, 2.05) is 0 Å². The number of hydrogen-bond acceptors (Lipinski definition) is 6. The SMILES string of the molecule is O=C(NCc1cccc(OCc2ccc(C(F)(F)F)cc2)c1)[C@@H]1CCCN1S(=O)(=O)c1cncs1. The zero-order valence-corrected chi connectivity index (χ0v) is 20.0. The number of carbonyl (C=O) groups excluding carboxylic acids is 1. The number of nitrogens with zero attached hydrogens (tertiary/aromatic N) is 2. The lowest BCUT2D eigenvalue weighted by Crippen LogP contribution is -2.45. The van der Waals surface area contributed by atoms with Gasteiger partial charge in [0.25, 0.3) is 10.0 Å². The topological polar surface area (TPSA) is 88.6 Å². The van der Waals surface area contributed by atoms with Crippen LogP contribution in [0.5, 0.6) is 5.75 Å². The first-order chi connectivity index (χ1) is 16.6. The lowest BCUT2D eigenvalue weighted by atomic mass is 10.1. The molecule has 2 heterocycles. The molecule has 12 heteroatoms. The highest BCUT2D eigenvalue weighted by Gasteiger charge is 2.40. The van der Waals surface area contributed by atoms with Gasteiger partial charge in [-0.05, 0) is 48.2 Å². The van der Waals surface area contributed by atoms with E-state index in [9.17, 15) is 26.4 Å². The molecule has 3 aromatic rings. The second-order valence-corrected chi connectivity index (χ2v) is 10.9. The van der Waals surface area contributed by atoms with E-state index in [-0.39, 0.29) is 29.8 Å². The molecule has 186 valence electrons. The molecule has 0 spiro atoms. The Labute approximate surface area is 204 Å². The van der Waals surface area contributed by atoms with Gasteiger partial charge in [0, 0.05) is 13.1 Å². The summed E-state index contributed by atoms with van der Waals surface area (Å²) in [5.74, 6) is 0.110. The Balaban J connectivity index is 1.33. The van der Waals surface area contributed by atoms with E-state index >= 15 is 0 Å². The maximum absolute atomic E-state index is 12.8. The molecule has 1 atom stereocenters. The van der Waals surface area contributed by atoms with Crippen molar-refractivity contribution in [1.82, 2.24) is 14.6 Å². The van der Waals surface area contributed by atoms with Crippen LogP contribution < -0.4 is 10.1 Å². The summed E-state index contributed by atoms with van der Waals surface area (Å²) in [6.45, 7) is 0.521. The lowest BCUT2D eigenvalue weighted by molar-refractivity contribution is -0.137. The van der Waals surface area contributed by atoms with Crippen molar-refractivity contribution in [2.24, 2.45) is 0 Å². The molecule has 0 radical (unpaired) electrons. The van der Waals surface area contributed by atoms with E-state index in [4.69, 9.17) is 4.74 Å². The van der Waals surface area contributed by atoms with Crippen molar-refractivity contribution < 1.29 is 31.1 Å². The van der Waals surface area contributed by atoms with Crippen molar-refractivity contribution >= 4 is 27.3 Å². The molecule has 0 saturated carbocycles. The minimum atomic E-state index is -4.39. The van der Waals surface area contributed by atoms with Crippen molar-refractivity contribution in [3.63, 3.8) is 0 Å². The Kier molecular flexibility index (Phi) is 7.43. The number of amides is 1. The first-order valence-corrected chi connectivity index (χ1v) is 13.0. The number of thiazole rings is 1. The second kappa shape index (κ2) is 10.3. The molecule has 1 amide bonds. The van der Waals surface area contributed by atoms with E-state index in [1.165, 1.54) is 28.1 Å². The smallest absolute Gasteiger partial charge is 0.416 e. The number of ether oxygens (including phenoxy) is 1. The van der Waals surface area contributed by atoms with Gasteiger partial charge in [-0.1, -0.05) is 24.3 Å². The number of sulfonamides is 1. The quantitative estimate of drug-likeness (QED) is 0.476. The van der Waals surface area contributed by atoms with Crippen molar-refractivity contribution in [2.45, 2.75) is 42.4 Å². The highest BCUT2D eigenvalue weighted by atomic mass is 32.2. The molecule has 1 N–H and O–H groups in total. The van der Waals surface area contributed by atoms with Crippen LogP contribution in [0.15, 0.2) is 64.4 Å². The third-order valence-electron chi connectivity index (χ3n) is 5.53. The van der Waals surface area contributed by atoms with Crippen molar-refractivity contribution in [3.8, 4) is 5.75 Å². The van der Waals surface area contributed by atoms with E-state index in [1.54, 1.807) is 24.3 Å². The largest absolute Gasteiger partial charge is 0.489 e. The van der Waals surface area contributed by atoms with E-state index in [0.717, 1.165) is 29.0 Å². The van der Waals surface area contributed by atoms with Gasteiger partial charge >= 0.3 is 6.18 Å². The summed E-state index contributed by atoms with van der Waals surface area (Å²) in [7, 11) is -3.78. The molecule has 0 aliphatic carbocycles. The predicted molar refractivity (Wildman–Crippen MR) is 123 cm³/mol. The Morgan fingerprint density at radius 3 is 2.63 bits per heavy atom. The molecule has 1 aromatic heterocycles. The number of nitrogens with one attached hydrogen (secondary N) is 1. The van der Waals surface area contributed by atoms with Gasteiger partial charge in [0.15, 0.2) is 4.21 Å². The highest BCUT2D eigenvalue weighted by molar-refractivity contribution is 7.91. The van der Waals surface area contributed by atoms with Gasteiger partial charge in [-0.25, -0.2) is 8.42 Å². The van der Waals surface area contributed by atoms with Crippen LogP contribution in [0.3, 0.4) is 0 Å². The van der Waals surface area contributed by atoms with Gasteiger partial charge in [0.2, 0.25) is 5.91 Å². The zero-order chi connectivity index (χ0) is 25.1. The maximum Gasteiger partial charge on any atom is 0.416 e. The summed E-state index contributed by atoms with van der Waals surface area (Å²) < 4.78 is 70.7. The van der Waals surface area contributed by atoms with Crippen LogP contribution in [-0.2, 0) is 34.1 Å². The minimum absolute atomic E-state index is 0.0838. The number of carbonyl (C=O) groups is 1. The molecule has 7 nitrogen and oxygen atoms in total. The minimum Gasteiger partial charge on any atom is -0.489 e. The average molecular weight is 526 g/mol. The van der Waals surface area contributed by atoms with E-state index in [2.05, 4.69) is 10.3 Å². The molecule has 1 saturated heterocycles. The van der Waals surface area contributed by atoms with Crippen LogP contribution in [0, 0.1) is 0 Å². The number of benzene rings is 2. The fraction of sp³-hybridized carbons (Fsp3) is 0.304. The number of hydrogen-bond donors (Lipinski definition) is 1. The summed E-state index contributed by atoms with van der Waals surface area (Å²) in [5.41, 5.74) is 2.03. The Morgan fingerprint density at radius 2 is 1.94 bits per heavy atom. The van der Waals surface area contributed by atoms with E-state index in [0.29, 0.717) is 24.2 Å². The standard InChI is InChI=1S/C23H22F3N3O4S2/c24-23(25,26)18-8-6-16(7-9-18)14-33-19-4-1-3-17(11-19)12-28-22(30)20-5-2-10-29(20)35(31,32)21-13-27-15-34-21/h1,3-4,6-9,11,13,15,20H,2,5,10,12,14H2,(H,28,30)/t20-/m0/s1. The van der Waals surface area contributed by atoms with Crippen molar-refractivity contribution in [2.75, 3.05) is 6.54 Å². The molecular formula is C23H22F3N3O4S2.